The third-order valence-electron chi connectivity index (χ3n) is 5.54. The van der Waals surface area contributed by atoms with Gasteiger partial charge in [0.05, 0.1) is 24.2 Å². The van der Waals surface area contributed by atoms with E-state index >= 15 is 0 Å². The average Bonchev–Trinajstić information content (AvgIpc) is 3.44. The molecule has 33 heavy (non-hydrogen) atoms. The number of thioether (sulfide) groups is 1. The van der Waals surface area contributed by atoms with Gasteiger partial charge in [-0.2, -0.15) is 9.78 Å². The van der Waals surface area contributed by atoms with Crippen LogP contribution >= 0.6 is 11.8 Å². The van der Waals surface area contributed by atoms with Gasteiger partial charge >= 0.3 is 0 Å². The number of aromatic nitrogens is 6. The van der Waals surface area contributed by atoms with E-state index in [4.69, 9.17) is 0 Å². The second-order valence-electron chi connectivity index (χ2n) is 8.20. The molecule has 1 N–H and O–H groups in total. The summed E-state index contributed by atoms with van der Waals surface area (Å²) in [7, 11) is 0. The number of carbonyl (C=O) groups is 1. The molecule has 0 unspecified atom stereocenters. The van der Waals surface area contributed by atoms with Crippen molar-refractivity contribution >= 4 is 23.5 Å². The fourth-order valence-corrected chi connectivity index (χ4v) is 4.12. The van der Waals surface area contributed by atoms with Crippen LogP contribution in [-0.2, 0) is 11.3 Å². The number of nitrogens with one attached hydrogen (secondary N) is 1. The maximum Gasteiger partial charge on any atom is 0.235 e. The molecular weight excluding hydrogens is 434 g/mol. The van der Waals surface area contributed by atoms with Crippen LogP contribution in [0.1, 0.15) is 42.0 Å². The van der Waals surface area contributed by atoms with Gasteiger partial charge in [0.15, 0.2) is 0 Å². The van der Waals surface area contributed by atoms with Crippen molar-refractivity contribution in [1.29, 1.82) is 0 Å². The molecule has 170 valence electrons. The zero-order valence-corrected chi connectivity index (χ0v) is 20.0. The molecule has 0 fully saturated rings. The van der Waals surface area contributed by atoms with Crippen LogP contribution in [0.25, 0.3) is 5.69 Å². The molecule has 1 amide bonds. The van der Waals surface area contributed by atoms with Crippen LogP contribution in [0.15, 0.2) is 59.9 Å². The molecule has 0 radical (unpaired) electrons. The van der Waals surface area contributed by atoms with Crippen LogP contribution in [-0.4, -0.2) is 41.6 Å². The molecule has 2 aromatic carbocycles. The van der Waals surface area contributed by atoms with Crippen molar-refractivity contribution in [3.63, 3.8) is 0 Å². The SMILES string of the molecule is Cc1cccc(-n2nnnc2SCC(=O)Nc2ccnn2Cc2ccc(C(C)C)cc2)c1C. The van der Waals surface area contributed by atoms with E-state index in [0.717, 1.165) is 22.4 Å². The largest absolute Gasteiger partial charge is 0.310 e. The highest BCUT2D eigenvalue weighted by Gasteiger charge is 2.15. The Balaban J connectivity index is 1.39. The van der Waals surface area contributed by atoms with E-state index < -0.39 is 0 Å². The first-order valence-corrected chi connectivity index (χ1v) is 11.8. The molecule has 2 heterocycles. The van der Waals surface area contributed by atoms with Crippen molar-refractivity contribution in [1.82, 2.24) is 30.0 Å². The molecule has 2 aromatic heterocycles. The van der Waals surface area contributed by atoms with Gasteiger partial charge < -0.3 is 5.32 Å². The Morgan fingerprint density at radius 1 is 1.09 bits per heavy atom. The van der Waals surface area contributed by atoms with E-state index in [2.05, 4.69) is 64.1 Å². The Hall–Kier alpha value is -3.46. The molecule has 0 aliphatic heterocycles. The fourth-order valence-electron chi connectivity index (χ4n) is 3.44. The first-order valence-electron chi connectivity index (χ1n) is 10.8. The maximum absolute atomic E-state index is 12.6. The lowest BCUT2D eigenvalue weighted by atomic mass is 10.0. The van der Waals surface area contributed by atoms with Crippen LogP contribution in [0.5, 0.6) is 0 Å². The molecule has 0 saturated heterocycles. The molecule has 4 rings (SSSR count). The number of nitrogens with zero attached hydrogens (tertiary/aromatic N) is 6. The molecule has 0 saturated carbocycles. The second-order valence-corrected chi connectivity index (χ2v) is 9.14. The van der Waals surface area contributed by atoms with E-state index in [1.165, 1.54) is 17.3 Å². The van der Waals surface area contributed by atoms with Crippen molar-refractivity contribution in [3.8, 4) is 5.69 Å². The highest BCUT2D eigenvalue weighted by atomic mass is 32.2. The van der Waals surface area contributed by atoms with Gasteiger partial charge in [-0.3, -0.25) is 4.79 Å². The summed E-state index contributed by atoms with van der Waals surface area (Å²) in [5, 5.41) is 19.9. The Labute approximate surface area is 197 Å². The van der Waals surface area contributed by atoms with Gasteiger partial charge in [-0.15, -0.1) is 5.10 Å². The summed E-state index contributed by atoms with van der Waals surface area (Å²) in [6, 6.07) is 16.3. The summed E-state index contributed by atoms with van der Waals surface area (Å²) in [4.78, 5) is 12.6. The van der Waals surface area contributed by atoms with Crippen LogP contribution in [0.4, 0.5) is 5.82 Å². The van der Waals surface area contributed by atoms with Gasteiger partial charge in [0.25, 0.3) is 0 Å². The summed E-state index contributed by atoms with van der Waals surface area (Å²) in [5.41, 5.74) is 5.59. The summed E-state index contributed by atoms with van der Waals surface area (Å²) in [5.74, 6) is 1.18. The number of benzene rings is 2. The lowest BCUT2D eigenvalue weighted by Gasteiger charge is -2.11. The lowest BCUT2D eigenvalue weighted by molar-refractivity contribution is -0.113. The van der Waals surface area contributed by atoms with Gasteiger partial charge in [-0.05, 0) is 58.5 Å². The van der Waals surface area contributed by atoms with Gasteiger partial charge in [0.2, 0.25) is 11.1 Å². The van der Waals surface area contributed by atoms with Crippen LogP contribution in [0.3, 0.4) is 0 Å². The van der Waals surface area contributed by atoms with Crippen molar-refractivity contribution in [2.75, 3.05) is 11.1 Å². The maximum atomic E-state index is 12.6. The van der Waals surface area contributed by atoms with Gasteiger partial charge in [0, 0.05) is 6.07 Å². The predicted octanol–water partition coefficient (Wildman–Crippen LogP) is 4.38. The topological polar surface area (TPSA) is 90.5 Å². The highest BCUT2D eigenvalue weighted by Crippen LogP contribution is 2.23. The molecule has 0 spiro atoms. The summed E-state index contributed by atoms with van der Waals surface area (Å²) >= 11 is 1.29. The fraction of sp³-hybridized carbons (Fsp3) is 0.292. The predicted molar refractivity (Wildman–Crippen MR) is 130 cm³/mol. The minimum Gasteiger partial charge on any atom is -0.310 e. The Morgan fingerprint density at radius 2 is 1.88 bits per heavy atom. The highest BCUT2D eigenvalue weighted by molar-refractivity contribution is 7.99. The van der Waals surface area contributed by atoms with Gasteiger partial charge in [-0.25, -0.2) is 4.68 Å². The second kappa shape index (κ2) is 9.99. The lowest BCUT2D eigenvalue weighted by Crippen LogP contribution is -2.18. The van der Waals surface area contributed by atoms with E-state index in [9.17, 15) is 4.79 Å². The number of aryl methyl sites for hydroxylation is 1. The molecular formula is C24H27N7OS. The number of hydrogen-bond donors (Lipinski definition) is 1. The zero-order chi connectivity index (χ0) is 23.4. The van der Waals surface area contributed by atoms with Crippen molar-refractivity contribution in [3.05, 3.63) is 77.0 Å². The Kier molecular flexibility index (Phi) is 6.88. The van der Waals surface area contributed by atoms with Crippen molar-refractivity contribution in [2.45, 2.75) is 45.3 Å². The first kappa shape index (κ1) is 22.7. The molecule has 9 heteroatoms. The first-order chi connectivity index (χ1) is 15.9. The number of carbonyl (C=O) groups excluding carboxylic acids is 1. The number of anilines is 1. The third-order valence-corrected chi connectivity index (χ3v) is 6.46. The minimum atomic E-state index is -0.146. The van der Waals surface area contributed by atoms with Gasteiger partial charge in [0.1, 0.15) is 5.82 Å². The van der Waals surface area contributed by atoms with Crippen LogP contribution in [0.2, 0.25) is 0 Å². The van der Waals surface area contributed by atoms with Crippen molar-refractivity contribution < 1.29 is 4.79 Å². The monoisotopic (exact) mass is 461 g/mol. The summed E-state index contributed by atoms with van der Waals surface area (Å²) in [6.45, 7) is 9.01. The number of tetrazole rings is 1. The Morgan fingerprint density at radius 3 is 2.64 bits per heavy atom. The smallest absolute Gasteiger partial charge is 0.235 e. The standard InChI is InChI=1S/C24H27N7OS/c1-16(2)20-10-8-19(9-11-20)14-30-22(12-13-25-30)26-23(32)15-33-24-27-28-29-31(24)21-7-5-6-17(3)18(21)4/h5-13,16H,14-15H2,1-4H3,(H,26,32). The van der Waals surface area contributed by atoms with E-state index in [1.807, 2.05) is 32.0 Å². The third kappa shape index (κ3) is 5.31. The molecule has 0 bridgehead atoms. The quantitative estimate of drug-likeness (QED) is 0.392. The van der Waals surface area contributed by atoms with Crippen LogP contribution < -0.4 is 5.32 Å². The van der Waals surface area contributed by atoms with Gasteiger partial charge in [-0.1, -0.05) is 62.0 Å². The average molecular weight is 462 g/mol. The molecule has 0 atom stereocenters. The summed E-state index contributed by atoms with van der Waals surface area (Å²) < 4.78 is 3.46. The van der Waals surface area contributed by atoms with Crippen LogP contribution in [0, 0.1) is 13.8 Å². The number of rotatable bonds is 8. The zero-order valence-electron chi connectivity index (χ0n) is 19.2. The van der Waals surface area contributed by atoms with E-state index in [1.54, 1.807) is 21.6 Å². The molecule has 0 aliphatic carbocycles. The number of hydrogen-bond acceptors (Lipinski definition) is 6. The minimum absolute atomic E-state index is 0.146. The van der Waals surface area contributed by atoms with Crippen molar-refractivity contribution in [2.24, 2.45) is 0 Å². The van der Waals surface area contributed by atoms with E-state index in [0.29, 0.717) is 23.4 Å². The molecule has 8 nitrogen and oxygen atoms in total. The normalized spacial score (nSPS) is 11.2. The molecule has 4 aromatic rings. The summed E-state index contributed by atoms with van der Waals surface area (Å²) in [6.07, 6.45) is 1.69. The molecule has 0 aliphatic rings. The number of amides is 1. The van der Waals surface area contributed by atoms with E-state index in [-0.39, 0.29) is 11.7 Å². The Bertz CT molecular complexity index is 1240.